The maximum absolute atomic E-state index is 10.9. The van der Waals surface area contributed by atoms with Gasteiger partial charge in [-0.3, -0.25) is 14.8 Å². The number of carbonyl (C=O) groups is 1. The fourth-order valence-corrected chi connectivity index (χ4v) is 1.10. The minimum absolute atomic E-state index is 0.0391. The van der Waals surface area contributed by atoms with Crippen LogP contribution in [0.3, 0.4) is 0 Å². The summed E-state index contributed by atoms with van der Waals surface area (Å²) < 4.78 is 0. The van der Waals surface area contributed by atoms with Crippen molar-refractivity contribution in [1.29, 1.82) is 0 Å². The van der Waals surface area contributed by atoms with Gasteiger partial charge in [0.15, 0.2) is 0 Å². The molecule has 1 heterocycles. The number of aromatic nitrogens is 2. The maximum atomic E-state index is 10.9. The molecule has 1 atom stereocenters. The summed E-state index contributed by atoms with van der Waals surface area (Å²) in [5.41, 5.74) is 0.865. The van der Waals surface area contributed by atoms with Crippen LogP contribution < -0.4 is 5.32 Å². The zero-order valence-corrected chi connectivity index (χ0v) is 8.10. The Bertz CT molecular complexity index is 310. The molecular formula is C10H13N3O. The number of hydrogen-bond donors (Lipinski definition) is 1. The molecule has 4 heteroatoms. The van der Waals surface area contributed by atoms with Crippen molar-refractivity contribution in [1.82, 2.24) is 15.3 Å². The molecule has 0 fully saturated rings. The van der Waals surface area contributed by atoms with E-state index in [-0.39, 0.29) is 11.9 Å². The quantitative estimate of drug-likeness (QED) is 0.713. The van der Waals surface area contributed by atoms with E-state index in [2.05, 4.69) is 21.9 Å². The van der Waals surface area contributed by atoms with Crippen LogP contribution in [0, 0.1) is 0 Å². The zero-order valence-electron chi connectivity index (χ0n) is 8.10. The lowest BCUT2D eigenvalue weighted by atomic mass is 10.2. The molecular weight excluding hydrogens is 178 g/mol. The first-order chi connectivity index (χ1) is 6.72. The van der Waals surface area contributed by atoms with Crippen molar-refractivity contribution < 1.29 is 4.79 Å². The van der Waals surface area contributed by atoms with Gasteiger partial charge in [0, 0.05) is 31.1 Å². The van der Waals surface area contributed by atoms with Gasteiger partial charge < -0.3 is 5.32 Å². The van der Waals surface area contributed by atoms with Crippen LogP contribution >= 0.6 is 0 Å². The summed E-state index contributed by atoms with van der Waals surface area (Å²) in [6, 6.07) is 0.0391. The van der Waals surface area contributed by atoms with Crippen LogP contribution in [0.2, 0.25) is 0 Å². The first kappa shape index (κ1) is 10.4. The molecule has 1 N–H and O–H groups in total. The van der Waals surface area contributed by atoms with Gasteiger partial charge in [-0.15, -0.1) is 0 Å². The molecule has 0 aliphatic heterocycles. The minimum atomic E-state index is -0.165. The highest BCUT2D eigenvalue weighted by atomic mass is 16.1. The molecule has 0 radical (unpaired) electrons. The molecule has 1 amide bonds. The smallest absolute Gasteiger partial charge is 0.243 e. The molecule has 1 unspecified atom stereocenters. The summed E-state index contributed by atoms with van der Waals surface area (Å²) >= 11 is 0. The van der Waals surface area contributed by atoms with Gasteiger partial charge in [0.25, 0.3) is 0 Å². The highest BCUT2D eigenvalue weighted by Gasteiger charge is 2.05. The molecule has 1 aromatic rings. The third kappa shape index (κ3) is 3.35. The van der Waals surface area contributed by atoms with Gasteiger partial charge in [-0.1, -0.05) is 6.58 Å². The third-order valence-electron chi connectivity index (χ3n) is 1.71. The maximum Gasteiger partial charge on any atom is 0.243 e. The highest BCUT2D eigenvalue weighted by molar-refractivity contribution is 5.87. The predicted molar refractivity (Wildman–Crippen MR) is 53.5 cm³/mol. The van der Waals surface area contributed by atoms with Gasteiger partial charge in [0.05, 0.1) is 5.69 Å². The predicted octanol–water partition coefficient (Wildman–Crippen LogP) is 0.710. The molecule has 74 valence electrons. The molecule has 0 saturated heterocycles. The van der Waals surface area contributed by atoms with Crippen molar-refractivity contribution in [3.8, 4) is 0 Å². The van der Waals surface area contributed by atoms with E-state index in [0.29, 0.717) is 6.42 Å². The van der Waals surface area contributed by atoms with Crippen LogP contribution in [0.1, 0.15) is 12.6 Å². The molecule has 0 aliphatic carbocycles. The summed E-state index contributed by atoms with van der Waals surface area (Å²) in [5.74, 6) is -0.165. The lowest BCUT2D eigenvalue weighted by Gasteiger charge is -2.10. The fourth-order valence-electron chi connectivity index (χ4n) is 1.10. The van der Waals surface area contributed by atoms with Crippen molar-refractivity contribution in [3.05, 3.63) is 36.9 Å². The largest absolute Gasteiger partial charge is 0.350 e. The van der Waals surface area contributed by atoms with Gasteiger partial charge >= 0.3 is 0 Å². The van der Waals surface area contributed by atoms with E-state index in [1.807, 2.05) is 6.92 Å². The summed E-state index contributed by atoms with van der Waals surface area (Å²) in [6.07, 6.45) is 6.88. The number of carbonyl (C=O) groups excluding carboxylic acids is 1. The second kappa shape index (κ2) is 5.11. The lowest BCUT2D eigenvalue weighted by molar-refractivity contribution is -0.117. The average Bonchev–Trinajstić information content (AvgIpc) is 2.19. The normalized spacial score (nSPS) is 11.8. The Balaban J connectivity index is 2.45. The van der Waals surface area contributed by atoms with Gasteiger partial charge in [-0.05, 0) is 13.0 Å². The minimum Gasteiger partial charge on any atom is -0.350 e. The van der Waals surface area contributed by atoms with E-state index in [1.54, 1.807) is 18.6 Å². The van der Waals surface area contributed by atoms with Gasteiger partial charge in [0.1, 0.15) is 0 Å². The molecule has 0 spiro atoms. The molecule has 1 aromatic heterocycles. The lowest BCUT2D eigenvalue weighted by Crippen LogP contribution is -2.32. The standard InChI is InChI=1S/C10H13N3O/c1-3-10(14)13-8(2)6-9-7-11-4-5-12-9/h3-5,7-8H,1,6H2,2H3,(H,13,14). The van der Waals surface area contributed by atoms with Crippen molar-refractivity contribution in [3.63, 3.8) is 0 Å². The second-order valence-electron chi connectivity index (χ2n) is 3.01. The summed E-state index contributed by atoms with van der Waals surface area (Å²) in [6.45, 7) is 5.29. The van der Waals surface area contributed by atoms with Crippen molar-refractivity contribution in [2.75, 3.05) is 0 Å². The highest BCUT2D eigenvalue weighted by Crippen LogP contribution is 1.96. The van der Waals surface area contributed by atoms with Crippen LogP contribution in [0.15, 0.2) is 31.2 Å². The Morgan fingerprint density at radius 1 is 1.71 bits per heavy atom. The number of nitrogens with zero attached hydrogens (tertiary/aromatic N) is 2. The monoisotopic (exact) mass is 191 g/mol. The number of hydrogen-bond acceptors (Lipinski definition) is 3. The van der Waals surface area contributed by atoms with Crippen LogP contribution in [0.5, 0.6) is 0 Å². The Hall–Kier alpha value is -1.71. The molecule has 14 heavy (non-hydrogen) atoms. The first-order valence-electron chi connectivity index (χ1n) is 4.40. The fraction of sp³-hybridized carbons (Fsp3) is 0.300. The number of nitrogens with one attached hydrogen (secondary N) is 1. The number of amides is 1. The van der Waals surface area contributed by atoms with E-state index in [4.69, 9.17) is 0 Å². The van der Waals surface area contributed by atoms with Crippen LogP contribution in [-0.2, 0) is 11.2 Å². The molecule has 0 aliphatic rings. The summed E-state index contributed by atoms with van der Waals surface area (Å²) in [5, 5.41) is 2.75. The van der Waals surface area contributed by atoms with Gasteiger partial charge in [0.2, 0.25) is 5.91 Å². The van der Waals surface area contributed by atoms with E-state index in [9.17, 15) is 4.79 Å². The third-order valence-corrected chi connectivity index (χ3v) is 1.71. The van der Waals surface area contributed by atoms with E-state index >= 15 is 0 Å². The number of rotatable bonds is 4. The Kier molecular flexibility index (Phi) is 3.79. The van der Waals surface area contributed by atoms with Crippen molar-refractivity contribution in [2.24, 2.45) is 0 Å². The van der Waals surface area contributed by atoms with Crippen molar-refractivity contribution >= 4 is 5.91 Å². The van der Waals surface area contributed by atoms with E-state index in [1.165, 1.54) is 6.08 Å². The Morgan fingerprint density at radius 2 is 2.50 bits per heavy atom. The van der Waals surface area contributed by atoms with Gasteiger partial charge in [-0.25, -0.2) is 0 Å². The topological polar surface area (TPSA) is 54.9 Å². The summed E-state index contributed by atoms with van der Waals surface area (Å²) in [7, 11) is 0. The van der Waals surface area contributed by atoms with Crippen molar-refractivity contribution in [2.45, 2.75) is 19.4 Å². The SMILES string of the molecule is C=CC(=O)NC(C)Cc1cnccn1. The Morgan fingerprint density at radius 3 is 3.07 bits per heavy atom. The zero-order chi connectivity index (χ0) is 10.4. The molecule has 0 bridgehead atoms. The molecule has 1 rings (SSSR count). The molecule has 4 nitrogen and oxygen atoms in total. The average molecular weight is 191 g/mol. The second-order valence-corrected chi connectivity index (χ2v) is 3.01. The Labute approximate surface area is 83.1 Å². The van der Waals surface area contributed by atoms with Crippen LogP contribution in [0.25, 0.3) is 0 Å². The van der Waals surface area contributed by atoms with Crippen LogP contribution in [0.4, 0.5) is 0 Å². The molecule has 0 saturated carbocycles. The van der Waals surface area contributed by atoms with E-state index in [0.717, 1.165) is 5.69 Å². The van der Waals surface area contributed by atoms with Crippen LogP contribution in [-0.4, -0.2) is 21.9 Å². The van der Waals surface area contributed by atoms with Gasteiger partial charge in [-0.2, -0.15) is 0 Å². The molecule has 0 aromatic carbocycles. The summed E-state index contributed by atoms with van der Waals surface area (Å²) in [4.78, 5) is 19.0. The first-order valence-corrected chi connectivity index (χ1v) is 4.40. The van der Waals surface area contributed by atoms with E-state index < -0.39 is 0 Å².